The summed E-state index contributed by atoms with van der Waals surface area (Å²) >= 11 is 0. The minimum Gasteiger partial charge on any atom is -0.907 e. The molecule has 15 aliphatic rings. The molecule has 0 aromatic carbocycles. The van der Waals surface area contributed by atoms with Gasteiger partial charge in [0.1, 0.15) is 0 Å². The van der Waals surface area contributed by atoms with Crippen LogP contribution in [0.3, 0.4) is 0 Å². The smallest absolute Gasteiger partial charge is 0.0782 e. The fraction of sp³-hybridized carbons (Fsp3) is 1.00. The van der Waals surface area contributed by atoms with E-state index in [2.05, 4.69) is 211 Å². The van der Waals surface area contributed by atoms with E-state index >= 15 is 0 Å². The lowest BCUT2D eigenvalue weighted by atomic mass is 10.1. The highest BCUT2D eigenvalue weighted by Gasteiger charge is 2.28. The summed E-state index contributed by atoms with van der Waals surface area (Å²) in [5.41, 5.74) is 0. The van der Waals surface area contributed by atoms with E-state index in [1.54, 1.807) is 0 Å². The van der Waals surface area contributed by atoms with E-state index in [4.69, 9.17) is 75.4 Å². The van der Waals surface area contributed by atoms with Crippen molar-refractivity contribution in [3.05, 3.63) is 0 Å². The molecule has 0 spiro atoms. The molecule has 15 heterocycles. The van der Waals surface area contributed by atoms with Crippen molar-refractivity contribution in [2.24, 2.45) is 0 Å². The standard InChI is InChI=1S/15C7H16N.5BO3.2H2O/c15*1-8(2)6-4-3-5-7-8;5*2-1(3)4;;/h15*3-7H2,1-2H3;;;;;;2*1H2/q15*+1;5*-3;;. The molecule has 15 aliphatic heterocycles. The molecular formula is C105H244B5N15O17. The lowest BCUT2D eigenvalue weighted by Crippen LogP contribution is -2.56. The minimum atomic E-state index is -2.92. The first-order valence-electron chi connectivity index (χ1n) is 56.4. The molecule has 15 fully saturated rings. The third kappa shape index (κ3) is 119. The SMILES string of the molecule is C[N+]1(C)CCCCC1.C[N+]1(C)CCCCC1.C[N+]1(C)CCCCC1.C[N+]1(C)CCCCC1.C[N+]1(C)CCCCC1.C[N+]1(C)CCCCC1.C[N+]1(C)CCCCC1.C[N+]1(C)CCCCC1.C[N+]1(C)CCCCC1.C[N+]1(C)CCCCC1.C[N+]1(C)CCCCC1.C[N+]1(C)CCCCC1.C[N+]1(C)CCCCC1.C[N+]1(C)CCCCC1.C[N+]1(C)CCCCC1.O.O.[O-]B([O-])[O-].[O-]B([O-])[O-].[O-]B([O-])[O-].[O-]B([O-])[O-].[O-]B([O-])[O-]. The molecule has 0 radical (unpaired) electrons. The minimum absolute atomic E-state index is 0. The van der Waals surface area contributed by atoms with Crippen LogP contribution in [-0.4, -0.2) is 523 Å². The van der Waals surface area contributed by atoms with Gasteiger partial charge < -0.3 is 154 Å². The molecular weight excluding hydrogens is 1800 g/mol. The zero-order chi connectivity index (χ0) is 108. The molecule has 0 unspecified atom stereocenters. The summed E-state index contributed by atoms with van der Waals surface area (Å²) in [5.74, 6) is 0. The quantitative estimate of drug-likeness (QED) is 0.176. The molecule has 0 aromatic rings. The Morgan fingerprint density at radius 3 is 0.127 bits per heavy atom. The number of quaternary nitrogens is 15. The average Bonchev–Trinajstić information content (AvgIpc) is 1.04. The van der Waals surface area contributed by atoms with Gasteiger partial charge in [-0.2, -0.15) is 0 Å². The second kappa shape index (κ2) is 84.5. The Bertz CT molecular complexity index is 1980. The Hall–Kier alpha value is -0.955. The Morgan fingerprint density at radius 1 is 0.0845 bits per heavy atom. The lowest BCUT2D eigenvalue weighted by molar-refractivity contribution is -0.894. The number of hydrogen-bond donors (Lipinski definition) is 0. The van der Waals surface area contributed by atoms with Crippen LogP contribution < -0.4 is 75.4 Å². The number of nitrogens with zero attached hydrogens (tertiary/aromatic N) is 15. The van der Waals surface area contributed by atoms with E-state index < -0.39 is 36.6 Å². The highest BCUT2D eigenvalue weighted by molar-refractivity contribution is 6.24. The van der Waals surface area contributed by atoms with Gasteiger partial charge in [-0.25, -0.2) is 0 Å². The molecule has 37 heteroatoms. The van der Waals surface area contributed by atoms with Crippen LogP contribution in [0, 0.1) is 0 Å². The first kappa shape index (κ1) is 154. The zero-order valence-electron chi connectivity index (χ0n) is 99.8. The van der Waals surface area contributed by atoms with Crippen LogP contribution in [0.1, 0.15) is 289 Å². The van der Waals surface area contributed by atoms with Gasteiger partial charge in [-0.3, -0.25) is 36.6 Å². The second-order valence-corrected chi connectivity index (χ2v) is 53.1. The van der Waals surface area contributed by atoms with Gasteiger partial charge in [-0.15, -0.1) is 0 Å². The zero-order valence-corrected chi connectivity index (χ0v) is 99.8. The Labute approximate surface area is 882 Å². The van der Waals surface area contributed by atoms with E-state index in [1.165, 1.54) is 553 Å². The van der Waals surface area contributed by atoms with Crippen molar-refractivity contribution in [1.29, 1.82) is 0 Å². The molecule has 0 saturated carbocycles. The van der Waals surface area contributed by atoms with Crippen molar-refractivity contribution in [1.82, 2.24) is 0 Å². The van der Waals surface area contributed by atoms with Crippen molar-refractivity contribution in [3.63, 3.8) is 0 Å². The Morgan fingerprint density at radius 2 is 0.113 bits per heavy atom. The maximum absolute atomic E-state index is 8.42. The monoisotopic (exact) mass is 2040 g/mol. The molecule has 0 aliphatic carbocycles. The molecule has 0 aromatic heterocycles. The fourth-order valence-corrected chi connectivity index (χ4v) is 20.5. The molecule has 4 N–H and O–H groups in total. The molecule has 0 bridgehead atoms. The van der Waals surface area contributed by atoms with Gasteiger partial charge in [0.15, 0.2) is 0 Å². The van der Waals surface area contributed by atoms with Crippen LogP contribution in [0.15, 0.2) is 0 Å². The summed E-state index contributed by atoms with van der Waals surface area (Å²) in [4.78, 5) is 0. The van der Waals surface area contributed by atoms with Gasteiger partial charge in [-0.1, -0.05) is 0 Å². The fourth-order valence-electron chi connectivity index (χ4n) is 20.5. The summed E-state index contributed by atoms with van der Waals surface area (Å²) in [6.07, 6.45) is 65.0. The van der Waals surface area contributed by atoms with Crippen molar-refractivity contribution in [2.75, 3.05) is 408 Å². The largest absolute Gasteiger partial charge is 0.907 e. The van der Waals surface area contributed by atoms with Gasteiger partial charge in [-0.05, 0) is 289 Å². The van der Waals surface area contributed by atoms with E-state index in [-0.39, 0.29) is 11.0 Å². The summed E-state index contributed by atoms with van der Waals surface area (Å²) in [6, 6.07) is 0. The number of piperidine rings is 15. The highest BCUT2D eigenvalue weighted by Crippen LogP contribution is 2.22. The summed E-state index contributed by atoms with van der Waals surface area (Å²) < 4.78 is 18.8. The van der Waals surface area contributed by atoms with E-state index in [0.717, 1.165) is 0 Å². The maximum Gasteiger partial charge on any atom is 0.0782 e. The number of rotatable bonds is 0. The van der Waals surface area contributed by atoms with Gasteiger partial charge >= 0.3 is 0 Å². The third-order valence-corrected chi connectivity index (χ3v) is 30.4. The van der Waals surface area contributed by atoms with E-state index in [9.17, 15) is 0 Å². The van der Waals surface area contributed by atoms with E-state index in [0.29, 0.717) is 0 Å². The molecule has 32 nitrogen and oxygen atoms in total. The highest BCUT2D eigenvalue weighted by atomic mass is 16.5. The normalized spacial score (nSPS) is 24.4. The van der Waals surface area contributed by atoms with Crippen LogP contribution in [0.25, 0.3) is 0 Å². The van der Waals surface area contributed by atoms with Crippen molar-refractivity contribution < 1.29 is 154 Å². The van der Waals surface area contributed by atoms with E-state index in [1.807, 2.05) is 0 Å². The number of hydrogen-bond acceptors (Lipinski definition) is 15. The van der Waals surface area contributed by atoms with Crippen molar-refractivity contribution in [3.8, 4) is 0 Å². The maximum atomic E-state index is 8.42. The predicted molar refractivity (Wildman–Crippen MR) is 571 cm³/mol. The predicted octanol–water partition coefficient (Wildman–Crippen LogP) is -2.69. The van der Waals surface area contributed by atoms with Gasteiger partial charge in [0.25, 0.3) is 0 Å². The van der Waals surface area contributed by atoms with Crippen molar-refractivity contribution in [2.45, 2.75) is 289 Å². The summed E-state index contributed by atoms with van der Waals surface area (Å²) in [6.45, 7) is 41.7. The third-order valence-electron chi connectivity index (χ3n) is 30.4. The lowest BCUT2D eigenvalue weighted by Gasteiger charge is -2.35. The first-order valence-corrected chi connectivity index (χ1v) is 56.4. The molecule has 0 atom stereocenters. The van der Waals surface area contributed by atoms with Crippen LogP contribution in [0.2, 0.25) is 0 Å². The van der Waals surface area contributed by atoms with Crippen LogP contribution >= 0.6 is 0 Å². The number of likely N-dealkylation sites (tertiary alicyclic amines) is 15. The Kier molecular flexibility index (Phi) is 91.6. The molecule has 0 amide bonds. The first-order chi connectivity index (χ1) is 64.3. The molecule has 15 saturated heterocycles. The van der Waals surface area contributed by atoms with Crippen LogP contribution in [0.5, 0.6) is 0 Å². The van der Waals surface area contributed by atoms with Crippen LogP contribution in [-0.2, 0) is 0 Å². The Balaban J connectivity index is -0.000000271. The second-order valence-electron chi connectivity index (χ2n) is 53.1. The molecule has 142 heavy (non-hydrogen) atoms. The molecule has 15 rings (SSSR count). The molecule has 856 valence electrons. The summed E-state index contributed by atoms with van der Waals surface area (Å²) in [5, 5.41) is 126. The van der Waals surface area contributed by atoms with Crippen LogP contribution in [0.4, 0.5) is 0 Å². The van der Waals surface area contributed by atoms with Crippen molar-refractivity contribution >= 4 is 36.6 Å². The average molecular weight is 2040 g/mol. The van der Waals surface area contributed by atoms with Gasteiger partial charge in [0.05, 0.1) is 408 Å². The topological polar surface area (TPSA) is 409 Å². The van der Waals surface area contributed by atoms with Gasteiger partial charge in [0.2, 0.25) is 0 Å². The van der Waals surface area contributed by atoms with Gasteiger partial charge in [0, 0.05) is 0 Å². The summed E-state index contributed by atoms with van der Waals surface area (Å²) in [7, 11) is 55.0.